The molecule has 1 rings (SSSR count). The molecule has 0 unspecified atom stereocenters. The van der Waals surface area contributed by atoms with Crippen LogP contribution >= 0.6 is 15.9 Å². The predicted molar refractivity (Wildman–Crippen MR) is 77.3 cm³/mol. The first-order chi connectivity index (χ1) is 9.03. The molecule has 0 saturated heterocycles. The number of hydrogen-bond donors (Lipinski definition) is 1. The van der Waals surface area contributed by atoms with Crippen molar-refractivity contribution in [1.82, 2.24) is 0 Å². The van der Waals surface area contributed by atoms with E-state index in [1.807, 2.05) is 6.92 Å². The quantitative estimate of drug-likeness (QED) is 0.663. The van der Waals surface area contributed by atoms with Crippen LogP contribution in [0.2, 0.25) is 0 Å². The molecule has 1 aromatic carbocycles. The summed E-state index contributed by atoms with van der Waals surface area (Å²) in [5.74, 6) is 0.289. The fraction of sp³-hybridized carbons (Fsp3) is 0.357. The van der Waals surface area contributed by atoms with Crippen molar-refractivity contribution in [1.29, 1.82) is 0 Å². The SMILES string of the molecule is CCOC(=O)/C(=C/c1cc(OC)c(Br)cc1O)CC. The van der Waals surface area contributed by atoms with Gasteiger partial charge < -0.3 is 14.6 Å². The van der Waals surface area contributed by atoms with Gasteiger partial charge in [-0.1, -0.05) is 6.92 Å². The number of carbonyl (C=O) groups is 1. The standard InChI is InChI=1S/C14H17BrO4/c1-4-9(14(17)19-5-2)6-10-7-13(18-3)11(15)8-12(10)16/h6-8,16H,4-5H2,1-3H3/b9-6+. The summed E-state index contributed by atoms with van der Waals surface area (Å²) >= 11 is 3.28. The third-order valence-electron chi connectivity index (χ3n) is 2.55. The summed E-state index contributed by atoms with van der Waals surface area (Å²) in [5, 5.41) is 9.89. The lowest BCUT2D eigenvalue weighted by atomic mass is 10.1. The number of ether oxygens (including phenoxy) is 2. The molecule has 0 amide bonds. The second kappa shape index (κ2) is 7.19. The van der Waals surface area contributed by atoms with E-state index in [1.54, 1.807) is 19.1 Å². The molecule has 0 radical (unpaired) electrons. The molecule has 0 bridgehead atoms. The van der Waals surface area contributed by atoms with Gasteiger partial charge in [0.2, 0.25) is 0 Å². The zero-order chi connectivity index (χ0) is 14.4. The van der Waals surface area contributed by atoms with Crippen molar-refractivity contribution >= 4 is 28.0 Å². The van der Waals surface area contributed by atoms with E-state index in [0.717, 1.165) is 0 Å². The van der Waals surface area contributed by atoms with Gasteiger partial charge in [-0.15, -0.1) is 0 Å². The molecule has 0 aliphatic carbocycles. The highest BCUT2D eigenvalue weighted by molar-refractivity contribution is 9.10. The minimum atomic E-state index is -0.369. The number of esters is 1. The van der Waals surface area contributed by atoms with Gasteiger partial charge in [0.15, 0.2) is 0 Å². The Bertz CT molecular complexity index is 494. The highest BCUT2D eigenvalue weighted by Crippen LogP contribution is 2.33. The van der Waals surface area contributed by atoms with Crippen molar-refractivity contribution in [2.75, 3.05) is 13.7 Å². The molecule has 19 heavy (non-hydrogen) atoms. The number of hydrogen-bond acceptors (Lipinski definition) is 4. The van der Waals surface area contributed by atoms with Gasteiger partial charge in [0, 0.05) is 11.1 Å². The van der Waals surface area contributed by atoms with Gasteiger partial charge in [0.1, 0.15) is 11.5 Å². The van der Waals surface area contributed by atoms with Gasteiger partial charge in [0.25, 0.3) is 0 Å². The number of phenols is 1. The van der Waals surface area contributed by atoms with Crippen LogP contribution in [0.1, 0.15) is 25.8 Å². The second-order valence-corrected chi connectivity index (χ2v) is 4.64. The third-order valence-corrected chi connectivity index (χ3v) is 3.17. The van der Waals surface area contributed by atoms with Crippen LogP contribution in [0.5, 0.6) is 11.5 Å². The maximum absolute atomic E-state index is 11.7. The average molecular weight is 329 g/mol. The van der Waals surface area contributed by atoms with Crippen LogP contribution in [-0.4, -0.2) is 24.8 Å². The van der Waals surface area contributed by atoms with Crippen molar-refractivity contribution in [3.63, 3.8) is 0 Å². The Labute approximate surface area is 121 Å². The maximum Gasteiger partial charge on any atom is 0.333 e. The Morgan fingerprint density at radius 1 is 1.42 bits per heavy atom. The lowest BCUT2D eigenvalue weighted by Gasteiger charge is -2.09. The first-order valence-corrected chi connectivity index (χ1v) is 6.76. The minimum Gasteiger partial charge on any atom is -0.507 e. The maximum atomic E-state index is 11.7. The highest BCUT2D eigenvalue weighted by atomic mass is 79.9. The van der Waals surface area contributed by atoms with Gasteiger partial charge in [-0.2, -0.15) is 0 Å². The molecule has 0 heterocycles. The Kier molecular flexibility index (Phi) is 5.89. The smallest absolute Gasteiger partial charge is 0.333 e. The van der Waals surface area contributed by atoms with Crippen LogP contribution in [0.15, 0.2) is 22.2 Å². The number of halogens is 1. The molecular weight excluding hydrogens is 312 g/mol. The molecule has 1 N–H and O–H groups in total. The fourth-order valence-electron chi connectivity index (χ4n) is 1.55. The Morgan fingerprint density at radius 3 is 2.63 bits per heavy atom. The number of methoxy groups -OCH3 is 1. The molecule has 0 fully saturated rings. The van der Waals surface area contributed by atoms with Gasteiger partial charge >= 0.3 is 5.97 Å². The first-order valence-electron chi connectivity index (χ1n) is 5.97. The third kappa shape index (κ3) is 3.99. The van der Waals surface area contributed by atoms with E-state index in [-0.39, 0.29) is 11.7 Å². The van der Waals surface area contributed by atoms with Crippen molar-refractivity contribution in [2.24, 2.45) is 0 Å². The second-order valence-electron chi connectivity index (χ2n) is 3.79. The van der Waals surface area contributed by atoms with E-state index >= 15 is 0 Å². The first kappa shape index (κ1) is 15.6. The zero-order valence-electron chi connectivity index (χ0n) is 11.2. The predicted octanol–water partition coefficient (Wildman–Crippen LogP) is 3.52. The van der Waals surface area contributed by atoms with Gasteiger partial charge in [-0.25, -0.2) is 4.79 Å². The summed E-state index contributed by atoms with van der Waals surface area (Å²) in [4.78, 5) is 11.7. The van der Waals surface area contributed by atoms with Crippen molar-refractivity contribution in [3.05, 3.63) is 27.7 Å². The summed E-state index contributed by atoms with van der Waals surface area (Å²) in [6.45, 7) is 3.94. The molecule has 0 aromatic heterocycles. The van der Waals surface area contributed by atoms with Gasteiger partial charge in [-0.3, -0.25) is 0 Å². The number of aromatic hydroxyl groups is 1. The number of phenolic OH excluding ortho intramolecular Hbond substituents is 1. The van der Waals surface area contributed by atoms with Crippen LogP contribution in [0, 0.1) is 0 Å². The molecule has 0 spiro atoms. The van der Waals surface area contributed by atoms with Crippen LogP contribution in [-0.2, 0) is 9.53 Å². The highest BCUT2D eigenvalue weighted by Gasteiger charge is 2.12. The molecule has 0 aliphatic heterocycles. The van der Waals surface area contributed by atoms with Crippen LogP contribution in [0.3, 0.4) is 0 Å². The Hall–Kier alpha value is -1.49. The summed E-state index contributed by atoms with van der Waals surface area (Å²) < 4.78 is 10.8. The molecule has 1 aromatic rings. The molecule has 0 saturated carbocycles. The molecule has 4 nitrogen and oxygen atoms in total. The lowest BCUT2D eigenvalue weighted by Crippen LogP contribution is -2.06. The summed E-state index contributed by atoms with van der Waals surface area (Å²) in [5.41, 5.74) is 1.02. The van der Waals surface area contributed by atoms with E-state index in [0.29, 0.717) is 34.4 Å². The minimum absolute atomic E-state index is 0.0722. The molecule has 104 valence electrons. The van der Waals surface area contributed by atoms with Gasteiger partial charge in [-0.05, 0) is 47.5 Å². The van der Waals surface area contributed by atoms with Gasteiger partial charge in [0.05, 0.1) is 18.2 Å². The van der Waals surface area contributed by atoms with Crippen molar-refractivity contribution in [3.8, 4) is 11.5 Å². The Balaban J connectivity index is 3.17. The van der Waals surface area contributed by atoms with Crippen LogP contribution in [0.4, 0.5) is 0 Å². The number of rotatable bonds is 5. The van der Waals surface area contributed by atoms with Crippen molar-refractivity contribution in [2.45, 2.75) is 20.3 Å². The van der Waals surface area contributed by atoms with E-state index in [1.165, 1.54) is 13.2 Å². The molecule has 5 heteroatoms. The monoisotopic (exact) mass is 328 g/mol. The number of benzene rings is 1. The number of carbonyl (C=O) groups excluding carboxylic acids is 1. The normalized spacial score (nSPS) is 11.3. The summed E-state index contributed by atoms with van der Waals surface area (Å²) in [7, 11) is 1.54. The van der Waals surface area contributed by atoms with E-state index < -0.39 is 0 Å². The largest absolute Gasteiger partial charge is 0.507 e. The van der Waals surface area contributed by atoms with E-state index in [2.05, 4.69) is 15.9 Å². The van der Waals surface area contributed by atoms with E-state index in [4.69, 9.17) is 9.47 Å². The van der Waals surface area contributed by atoms with Crippen molar-refractivity contribution < 1.29 is 19.4 Å². The summed E-state index contributed by atoms with van der Waals surface area (Å²) in [6.07, 6.45) is 2.14. The molecular formula is C14H17BrO4. The molecule has 0 atom stereocenters. The van der Waals surface area contributed by atoms with Crippen LogP contribution in [0.25, 0.3) is 6.08 Å². The zero-order valence-corrected chi connectivity index (χ0v) is 12.8. The average Bonchev–Trinajstić information content (AvgIpc) is 2.38. The fourth-order valence-corrected chi connectivity index (χ4v) is 2.04. The Morgan fingerprint density at radius 2 is 2.11 bits per heavy atom. The summed E-state index contributed by atoms with van der Waals surface area (Å²) in [6, 6.07) is 3.19. The lowest BCUT2D eigenvalue weighted by molar-refractivity contribution is -0.138. The van der Waals surface area contributed by atoms with E-state index in [9.17, 15) is 9.90 Å². The topological polar surface area (TPSA) is 55.8 Å². The van der Waals surface area contributed by atoms with Crippen LogP contribution < -0.4 is 4.74 Å². The molecule has 0 aliphatic rings.